The van der Waals surface area contributed by atoms with Gasteiger partial charge < -0.3 is 15.7 Å². The fraction of sp³-hybridized carbons (Fsp3) is 0.818. The second-order valence-corrected chi connectivity index (χ2v) is 4.58. The van der Waals surface area contributed by atoms with Crippen molar-refractivity contribution in [1.82, 2.24) is 10.6 Å². The number of aliphatic hydroxyl groups excluding tert-OH is 1. The van der Waals surface area contributed by atoms with Crippen molar-refractivity contribution in [3.05, 3.63) is 0 Å². The molecule has 3 N–H and O–H groups in total. The molecule has 5 heteroatoms. The average molecular weight is 228 g/mol. The molecule has 2 atom stereocenters. The van der Waals surface area contributed by atoms with E-state index in [1.165, 1.54) is 0 Å². The Kier molecular flexibility index (Phi) is 4.29. The van der Waals surface area contributed by atoms with Crippen LogP contribution in [0.4, 0.5) is 0 Å². The molecule has 1 rings (SSSR count). The molecule has 0 aromatic carbocycles. The van der Waals surface area contributed by atoms with Crippen LogP contribution in [0.1, 0.15) is 33.1 Å². The summed E-state index contributed by atoms with van der Waals surface area (Å²) in [4.78, 5) is 22.8. The van der Waals surface area contributed by atoms with E-state index in [1.54, 1.807) is 0 Å². The van der Waals surface area contributed by atoms with Gasteiger partial charge in [-0.05, 0) is 19.8 Å². The molecule has 1 aliphatic heterocycles. The molecule has 5 nitrogen and oxygen atoms in total. The Balaban J connectivity index is 2.52. The van der Waals surface area contributed by atoms with Crippen LogP contribution in [-0.4, -0.2) is 35.6 Å². The molecule has 92 valence electrons. The third kappa shape index (κ3) is 3.20. The zero-order valence-corrected chi connectivity index (χ0v) is 9.88. The lowest BCUT2D eigenvalue weighted by atomic mass is 9.93. The van der Waals surface area contributed by atoms with Crippen molar-refractivity contribution >= 4 is 11.8 Å². The van der Waals surface area contributed by atoms with E-state index >= 15 is 0 Å². The van der Waals surface area contributed by atoms with Crippen molar-refractivity contribution in [3.8, 4) is 0 Å². The predicted octanol–water partition coefficient (Wildman–Crippen LogP) is -0.210. The lowest BCUT2D eigenvalue weighted by Gasteiger charge is -2.30. The average Bonchev–Trinajstić information content (AvgIpc) is 2.65. The first-order valence-electron chi connectivity index (χ1n) is 5.70. The molecule has 1 heterocycles. The summed E-state index contributed by atoms with van der Waals surface area (Å²) in [5, 5.41) is 14.5. The fourth-order valence-corrected chi connectivity index (χ4v) is 1.76. The largest absolute Gasteiger partial charge is 0.396 e. The molecule has 0 saturated carbocycles. The smallest absolute Gasteiger partial charge is 0.225 e. The zero-order chi connectivity index (χ0) is 12.2. The molecule has 16 heavy (non-hydrogen) atoms. The molecule has 1 fully saturated rings. The third-order valence-corrected chi connectivity index (χ3v) is 3.22. The maximum Gasteiger partial charge on any atom is 0.225 e. The highest BCUT2D eigenvalue weighted by Crippen LogP contribution is 2.17. The summed E-state index contributed by atoms with van der Waals surface area (Å²) in [6, 6.07) is 0. The maximum atomic E-state index is 11.9. The lowest BCUT2D eigenvalue weighted by molar-refractivity contribution is -0.128. The second kappa shape index (κ2) is 5.30. The van der Waals surface area contributed by atoms with Gasteiger partial charge >= 0.3 is 0 Å². The minimum absolute atomic E-state index is 0.0481. The van der Waals surface area contributed by atoms with E-state index in [4.69, 9.17) is 5.11 Å². The Labute approximate surface area is 95.6 Å². The molecular weight excluding hydrogens is 208 g/mol. The van der Waals surface area contributed by atoms with Crippen molar-refractivity contribution in [1.29, 1.82) is 0 Å². The number of amides is 2. The topological polar surface area (TPSA) is 78.4 Å². The van der Waals surface area contributed by atoms with Gasteiger partial charge in [0.2, 0.25) is 11.8 Å². The summed E-state index contributed by atoms with van der Waals surface area (Å²) in [6.07, 6.45) is 1.56. The molecule has 0 aromatic rings. The highest BCUT2D eigenvalue weighted by atomic mass is 16.3. The van der Waals surface area contributed by atoms with Crippen LogP contribution in [0, 0.1) is 5.92 Å². The lowest BCUT2D eigenvalue weighted by Crippen LogP contribution is -2.48. The van der Waals surface area contributed by atoms with E-state index in [9.17, 15) is 9.59 Å². The number of nitrogens with one attached hydrogen (secondary N) is 2. The molecule has 0 aliphatic carbocycles. The molecule has 2 amide bonds. The molecule has 0 radical (unpaired) electrons. The quantitative estimate of drug-likeness (QED) is 0.609. The summed E-state index contributed by atoms with van der Waals surface area (Å²) in [5.41, 5.74) is -0.378. The van der Waals surface area contributed by atoms with Crippen molar-refractivity contribution in [3.63, 3.8) is 0 Å². The fourth-order valence-electron chi connectivity index (χ4n) is 1.76. The van der Waals surface area contributed by atoms with Crippen LogP contribution >= 0.6 is 0 Å². The van der Waals surface area contributed by atoms with Gasteiger partial charge in [0.25, 0.3) is 0 Å². The minimum Gasteiger partial charge on any atom is -0.396 e. The molecule has 1 saturated heterocycles. The van der Waals surface area contributed by atoms with E-state index in [0.29, 0.717) is 13.0 Å². The molecule has 0 spiro atoms. The molecule has 2 unspecified atom stereocenters. The molecular formula is C11H20N2O3. The number of rotatable bonds is 5. The Morgan fingerprint density at radius 3 is 2.81 bits per heavy atom. The zero-order valence-electron chi connectivity index (χ0n) is 9.88. The number of aliphatic hydroxyl groups is 1. The molecule has 1 aliphatic rings. The van der Waals surface area contributed by atoms with Gasteiger partial charge in [0.05, 0.1) is 5.92 Å². The predicted molar refractivity (Wildman–Crippen MR) is 59.7 cm³/mol. The van der Waals surface area contributed by atoms with Crippen LogP contribution in [0.5, 0.6) is 0 Å². The third-order valence-electron chi connectivity index (χ3n) is 3.22. The monoisotopic (exact) mass is 228 g/mol. The highest BCUT2D eigenvalue weighted by molar-refractivity contribution is 5.89. The Morgan fingerprint density at radius 1 is 1.69 bits per heavy atom. The van der Waals surface area contributed by atoms with E-state index in [-0.39, 0.29) is 36.3 Å². The molecule has 0 aromatic heterocycles. The van der Waals surface area contributed by atoms with Crippen molar-refractivity contribution in [2.45, 2.75) is 38.6 Å². The summed E-state index contributed by atoms with van der Waals surface area (Å²) in [7, 11) is 0. The van der Waals surface area contributed by atoms with Crippen LogP contribution in [0.25, 0.3) is 0 Å². The first-order chi connectivity index (χ1) is 7.50. The van der Waals surface area contributed by atoms with Gasteiger partial charge in [-0.2, -0.15) is 0 Å². The van der Waals surface area contributed by atoms with Crippen LogP contribution in [0.3, 0.4) is 0 Å². The second-order valence-electron chi connectivity index (χ2n) is 4.58. The van der Waals surface area contributed by atoms with Crippen LogP contribution in [0.15, 0.2) is 0 Å². The van der Waals surface area contributed by atoms with Gasteiger partial charge in [0, 0.05) is 25.1 Å². The van der Waals surface area contributed by atoms with E-state index < -0.39 is 0 Å². The van der Waals surface area contributed by atoms with E-state index in [1.807, 2.05) is 13.8 Å². The van der Waals surface area contributed by atoms with Gasteiger partial charge in [-0.1, -0.05) is 6.92 Å². The number of carbonyl (C=O) groups excluding carboxylic acids is 2. The standard InChI is InChI=1S/C11H20N2O3/c1-3-11(2,4-5-14)13-10(16)8-6-9(15)12-7-8/h8,14H,3-7H2,1-2H3,(H,12,15)(H,13,16). The first kappa shape index (κ1) is 13.0. The summed E-state index contributed by atoms with van der Waals surface area (Å²) in [5.74, 6) is -0.436. The summed E-state index contributed by atoms with van der Waals surface area (Å²) < 4.78 is 0. The first-order valence-corrected chi connectivity index (χ1v) is 5.70. The van der Waals surface area contributed by atoms with Crippen molar-refractivity contribution in [2.24, 2.45) is 5.92 Å². The van der Waals surface area contributed by atoms with E-state index in [0.717, 1.165) is 6.42 Å². The van der Waals surface area contributed by atoms with Crippen molar-refractivity contribution in [2.75, 3.05) is 13.2 Å². The van der Waals surface area contributed by atoms with Gasteiger partial charge in [0.15, 0.2) is 0 Å². The summed E-state index contributed by atoms with van der Waals surface area (Å²) in [6.45, 7) is 4.34. The van der Waals surface area contributed by atoms with Crippen molar-refractivity contribution < 1.29 is 14.7 Å². The summed E-state index contributed by atoms with van der Waals surface area (Å²) >= 11 is 0. The maximum absolute atomic E-state index is 11.9. The van der Waals surface area contributed by atoms with Crippen LogP contribution in [-0.2, 0) is 9.59 Å². The van der Waals surface area contributed by atoms with Gasteiger partial charge in [-0.25, -0.2) is 0 Å². The highest BCUT2D eigenvalue weighted by Gasteiger charge is 2.32. The Hall–Kier alpha value is -1.10. The van der Waals surface area contributed by atoms with Gasteiger partial charge in [0.1, 0.15) is 0 Å². The minimum atomic E-state index is -0.378. The number of hydrogen-bond donors (Lipinski definition) is 3. The normalized spacial score (nSPS) is 23.7. The number of hydrogen-bond acceptors (Lipinski definition) is 3. The van der Waals surface area contributed by atoms with Crippen LogP contribution < -0.4 is 10.6 Å². The molecule has 0 bridgehead atoms. The SMILES string of the molecule is CCC(C)(CCO)NC(=O)C1CNC(=O)C1. The number of carbonyl (C=O) groups is 2. The Morgan fingerprint density at radius 2 is 2.38 bits per heavy atom. The van der Waals surface area contributed by atoms with Gasteiger partial charge in [-0.3, -0.25) is 9.59 Å². The van der Waals surface area contributed by atoms with E-state index in [2.05, 4.69) is 10.6 Å². The Bertz CT molecular complexity index is 280. The van der Waals surface area contributed by atoms with Gasteiger partial charge in [-0.15, -0.1) is 0 Å². The van der Waals surface area contributed by atoms with Crippen LogP contribution in [0.2, 0.25) is 0 Å².